The highest BCUT2D eigenvalue weighted by Crippen LogP contribution is 2.23. The standard InChI is InChI=1S/C19H21N3O3/c1-13-16(21-14(2)23)9-6-10-17(13)22-19(25)12-20-18(24)11-15-7-4-3-5-8-15/h3-10H,11-12H2,1-2H3,(H,20,24)(H,21,23)(H,22,25). The molecule has 3 N–H and O–H groups in total. The second-order valence-corrected chi connectivity index (χ2v) is 5.65. The van der Waals surface area contributed by atoms with E-state index in [1.165, 1.54) is 6.92 Å². The molecule has 0 aliphatic heterocycles. The first-order chi connectivity index (χ1) is 12.0. The fourth-order valence-electron chi connectivity index (χ4n) is 2.31. The quantitative estimate of drug-likeness (QED) is 0.754. The van der Waals surface area contributed by atoms with Crippen LogP contribution in [-0.2, 0) is 20.8 Å². The van der Waals surface area contributed by atoms with Crippen LogP contribution in [0.25, 0.3) is 0 Å². The molecule has 0 heterocycles. The lowest BCUT2D eigenvalue weighted by molar-refractivity contribution is -0.123. The molecule has 0 fully saturated rings. The maximum atomic E-state index is 12.0. The van der Waals surface area contributed by atoms with E-state index in [0.29, 0.717) is 11.4 Å². The van der Waals surface area contributed by atoms with Gasteiger partial charge in [-0.1, -0.05) is 36.4 Å². The van der Waals surface area contributed by atoms with Crippen molar-refractivity contribution in [1.82, 2.24) is 5.32 Å². The summed E-state index contributed by atoms with van der Waals surface area (Å²) in [6, 6.07) is 14.6. The molecular formula is C19H21N3O3. The molecule has 2 aromatic rings. The van der Waals surface area contributed by atoms with Crippen molar-refractivity contribution in [3.8, 4) is 0 Å². The Morgan fingerprint density at radius 1 is 0.840 bits per heavy atom. The van der Waals surface area contributed by atoms with Crippen LogP contribution in [0.3, 0.4) is 0 Å². The Morgan fingerprint density at radius 2 is 1.48 bits per heavy atom. The molecule has 0 unspecified atom stereocenters. The van der Waals surface area contributed by atoms with Crippen LogP contribution in [0.15, 0.2) is 48.5 Å². The molecule has 130 valence electrons. The minimum absolute atomic E-state index is 0.116. The molecule has 0 spiro atoms. The number of nitrogens with one attached hydrogen (secondary N) is 3. The van der Waals surface area contributed by atoms with E-state index in [2.05, 4.69) is 16.0 Å². The second-order valence-electron chi connectivity index (χ2n) is 5.65. The summed E-state index contributed by atoms with van der Waals surface area (Å²) in [5.41, 5.74) is 2.87. The Balaban J connectivity index is 1.88. The van der Waals surface area contributed by atoms with Crippen molar-refractivity contribution in [3.63, 3.8) is 0 Å². The van der Waals surface area contributed by atoms with E-state index in [-0.39, 0.29) is 30.7 Å². The molecule has 6 nitrogen and oxygen atoms in total. The van der Waals surface area contributed by atoms with Crippen molar-refractivity contribution in [2.75, 3.05) is 17.2 Å². The van der Waals surface area contributed by atoms with Crippen LogP contribution in [0.5, 0.6) is 0 Å². The zero-order chi connectivity index (χ0) is 18.2. The van der Waals surface area contributed by atoms with Gasteiger partial charge < -0.3 is 16.0 Å². The number of anilines is 2. The minimum atomic E-state index is -0.329. The smallest absolute Gasteiger partial charge is 0.243 e. The van der Waals surface area contributed by atoms with Crippen LogP contribution in [0.4, 0.5) is 11.4 Å². The van der Waals surface area contributed by atoms with Gasteiger partial charge in [0.2, 0.25) is 17.7 Å². The van der Waals surface area contributed by atoms with Crippen molar-refractivity contribution in [2.24, 2.45) is 0 Å². The monoisotopic (exact) mass is 339 g/mol. The van der Waals surface area contributed by atoms with Gasteiger partial charge in [0.25, 0.3) is 0 Å². The summed E-state index contributed by atoms with van der Waals surface area (Å²) < 4.78 is 0. The fourth-order valence-corrected chi connectivity index (χ4v) is 2.31. The first-order valence-corrected chi connectivity index (χ1v) is 7.93. The molecule has 0 saturated heterocycles. The average Bonchev–Trinajstić information content (AvgIpc) is 2.57. The van der Waals surface area contributed by atoms with E-state index in [9.17, 15) is 14.4 Å². The molecule has 0 bridgehead atoms. The first-order valence-electron chi connectivity index (χ1n) is 7.93. The molecule has 3 amide bonds. The molecule has 0 atom stereocenters. The molecule has 0 aliphatic carbocycles. The number of hydrogen-bond acceptors (Lipinski definition) is 3. The fraction of sp³-hybridized carbons (Fsp3) is 0.211. The van der Waals surface area contributed by atoms with Gasteiger partial charge in [0.15, 0.2) is 0 Å². The molecule has 0 aliphatic rings. The third-order valence-corrected chi connectivity index (χ3v) is 3.57. The van der Waals surface area contributed by atoms with Gasteiger partial charge in [-0.15, -0.1) is 0 Å². The van der Waals surface area contributed by atoms with Crippen LogP contribution < -0.4 is 16.0 Å². The van der Waals surface area contributed by atoms with Crippen molar-refractivity contribution in [1.29, 1.82) is 0 Å². The highest BCUT2D eigenvalue weighted by Gasteiger charge is 2.10. The van der Waals surface area contributed by atoms with E-state index >= 15 is 0 Å². The SMILES string of the molecule is CC(=O)Nc1cccc(NC(=O)CNC(=O)Cc2ccccc2)c1C. The number of rotatable bonds is 6. The van der Waals surface area contributed by atoms with Gasteiger partial charge >= 0.3 is 0 Å². The zero-order valence-corrected chi connectivity index (χ0v) is 14.3. The summed E-state index contributed by atoms with van der Waals surface area (Å²) in [6.07, 6.45) is 0.227. The molecule has 0 radical (unpaired) electrons. The Morgan fingerprint density at radius 3 is 2.12 bits per heavy atom. The summed E-state index contributed by atoms with van der Waals surface area (Å²) in [6.45, 7) is 3.11. The van der Waals surface area contributed by atoms with E-state index < -0.39 is 0 Å². The number of amides is 3. The lowest BCUT2D eigenvalue weighted by Gasteiger charge is -2.13. The summed E-state index contributed by atoms with van der Waals surface area (Å²) in [7, 11) is 0. The zero-order valence-electron chi connectivity index (χ0n) is 14.3. The number of hydrogen-bond donors (Lipinski definition) is 3. The summed E-state index contributed by atoms with van der Waals surface area (Å²) in [4.78, 5) is 35.1. The van der Waals surface area contributed by atoms with E-state index in [0.717, 1.165) is 11.1 Å². The molecule has 0 saturated carbocycles. The highest BCUT2D eigenvalue weighted by atomic mass is 16.2. The maximum Gasteiger partial charge on any atom is 0.243 e. The number of carbonyl (C=O) groups is 3. The van der Waals surface area contributed by atoms with Crippen molar-refractivity contribution in [3.05, 3.63) is 59.7 Å². The third kappa shape index (κ3) is 5.76. The van der Waals surface area contributed by atoms with Gasteiger partial charge in [-0.2, -0.15) is 0 Å². The van der Waals surface area contributed by atoms with E-state index in [1.807, 2.05) is 30.3 Å². The Bertz CT molecular complexity index is 773. The van der Waals surface area contributed by atoms with E-state index in [4.69, 9.17) is 0 Å². The van der Waals surface area contributed by atoms with Crippen LogP contribution in [0, 0.1) is 6.92 Å². The van der Waals surface area contributed by atoms with E-state index in [1.54, 1.807) is 25.1 Å². The van der Waals surface area contributed by atoms with Gasteiger partial charge in [0.1, 0.15) is 0 Å². The second kappa shape index (κ2) is 8.63. The molecule has 0 aromatic heterocycles. The van der Waals surface area contributed by atoms with Gasteiger partial charge in [0.05, 0.1) is 13.0 Å². The molecule has 2 rings (SSSR count). The Hall–Kier alpha value is -3.15. The lowest BCUT2D eigenvalue weighted by atomic mass is 10.1. The topological polar surface area (TPSA) is 87.3 Å². The predicted octanol–water partition coefficient (Wildman–Crippen LogP) is 2.25. The normalized spacial score (nSPS) is 10.0. The molecule has 2 aromatic carbocycles. The molecule has 6 heteroatoms. The lowest BCUT2D eigenvalue weighted by Crippen LogP contribution is -2.33. The van der Waals surface area contributed by atoms with Gasteiger partial charge in [-0.05, 0) is 30.2 Å². The molecular weight excluding hydrogens is 318 g/mol. The van der Waals surface area contributed by atoms with Crippen LogP contribution >= 0.6 is 0 Å². The maximum absolute atomic E-state index is 12.0. The summed E-state index contributed by atoms with van der Waals surface area (Å²) in [5.74, 6) is -0.727. The van der Waals surface area contributed by atoms with Crippen LogP contribution in [0.1, 0.15) is 18.1 Å². The Kier molecular flexibility index (Phi) is 6.28. The Labute approximate surface area is 146 Å². The minimum Gasteiger partial charge on any atom is -0.347 e. The largest absolute Gasteiger partial charge is 0.347 e. The van der Waals surface area contributed by atoms with Crippen LogP contribution in [-0.4, -0.2) is 24.3 Å². The van der Waals surface area contributed by atoms with Crippen molar-refractivity contribution < 1.29 is 14.4 Å². The highest BCUT2D eigenvalue weighted by molar-refractivity contribution is 5.97. The average molecular weight is 339 g/mol. The summed E-state index contributed by atoms with van der Waals surface area (Å²) >= 11 is 0. The predicted molar refractivity (Wildman–Crippen MR) is 97.3 cm³/mol. The van der Waals surface area contributed by atoms with Gasteiger partial charge in [-0.3, -0.25) is 14.4 Å². The number of carbonyl (C=O) groups excluding carboxylic acids is 3. The van der Waals surface area contributed by atoms with Crippen molar-refractivity contribution >= 4 is 29.1 Å². The first kappa shape index (κ1) is 18.2. The summed E-state index contributed by atoms with van der Waals surface area (Å²) in [5, 5.41) is 8.04. The molecule has 25 heavy (non-hydrogen) atoms. The van der Waals surface area contributed by atoms with Gasteiger partial charge in [-0.25, -0.2) is 0 Å². The number of benzene rings is 2. The third-order valence-electron chi connectivity index (χ3n) is 3.57. The van der Waals surface area contributed by atoms with Crippen molar-refractivity contribution in [2.45, 2.75) is 20.3 Å². The van der Waals surface area contributed by atoms with Gasteiger partial charge in [0, 0.05) is 18.3 Å². The van der Waals surface area contributed by atoms with Crippen LogP contribution in [0.2, 0.25) is 0 Å².